The van der Waals surface area contributed by atoms with E-state index in [-0.39, 0.29) is 6.03 Å². The molecule has 2 aromatic carbocycles. The van der Waals surface area contributed by atoms with Crippen LogP contribution in [0.15, 0.2) is 60.2 Å². The zero-order valence-electron chi connectivity index (χ0n) is 13.2. The highest BCUT2D eigenvalue weighted by molar-refractivity contribution is 7.15. The third kappa shape index (κ3) is 3.67. The number of hydrogen-bond donors (Lipinski definition) is 2. The van der Waals surface area contributed by atoms with E-state index in [0.29, 0.717) is 21.4 Å². The Morgan fingerprint density at radius 1 is 1.04 bits per heavy atom. The number of halogens is 2. The highest BCUT2D eigenvalue weighted by atomic mass is 35.5. The summed E-state index contributed by atoms with van der Waals surface area (Å²) in [7, 11) is 0. The highest BCUT2D eigenvalue weighted by Gasteiger charge is 2.08. The van der Waals surface area contributed by atoms with Crippen LogP contribution >= 0.6 is 34.5 Å². The van der Waals surface area contributed by atoms with E-state index >= 15 is 0 Å². The first-order chi connectivity index (χ1) is 12.6. The lowest BCUT2D eigenvalue weighted by molar-refractivity contribution is 0.262. The summed E-state index contributed by atoms with van der Waals surface area (Å²) in [4.78, 5) is 17.7. The molecule has 2 heterocycles. The Bertz CT molecular complexity index is 1060. The fourth-order valence-electron chi connectivity index (χ4n) is 2.54. The van der Waals surface area contributed by atoms with Crippen molar-refractivity contribution in [3.8, 4) is 11.3 Å². The number of nitrogens with one attached hydrogen (secondary N) is 2. The molecule has 0 aliphatic heterocycles. The van der Waals surface area contributed by atoms with Crippen molar-refractivity contribution in [1.82, 2.24) is 9.38 Å². The van der Waals surface area contributed by atoms with Gasteiger partial charge < -0.3 is 10.6 Å². The lowest BCUT2D eigenvalue weighted by Gasteiger charge is -2.09. The quantitative estimate of drug-likeness (QED) is 0.440. The summed E-state index contributed by atoms with van der Waals surface area (Å²) < 4.78 is 1.97. The monoisotopic (exact) mass is 402 g/mol. The zero-order chi connectivity index (χ0) is 18.1. The molecule has 0 saturated carbocycles. The molecule has 0 aliphatic carbocycles. The van der Waals surface area contributed by atoms with Gasteiger partial charge in [-0.3, -0.25) is 4.40 Å². The van der Waals surface area contributed by atoms with E-state index in [2.05, 4.69) is 15.6 Å². The van der Waals surface area contributed by atoms with Gasteiger partial charge in [-0.05, 0) is 30.3 Å². The zero-order valence-corrected chi connectivity index (χ0v) is 15.6. The van der Waals surface area contributed by atoms with Gasteiger partial charge in [0.05, 0.1) is 5.69 Å². The van der Waals surface area contributed by atoms with E-state index in [1.165, 1.54) is 0 Å². The minimum absolute atomic E-state index is 0.383. The number of urea groups is 1. The molecule has 0 fully saturated rings. The van der Waals surface area contributed by atoms with Gasteiger partial charge in [0.1, 0.15) is 0 Å². The van der Waals surface area contributed by atoms with Gasteiger partial charge in [0, 0.05) is 44.8 Å². The molecule has 0 aliphatic rings. The van der Waals surface area contributed by atoms with Crippen LogP contribution in [0.3, 0.4) is 0 Å². The molecule has 8 heteroatoms. The van der Waals surface area contributed by atoms with Crippen LogP contribution in [0.5, 0.6) is 0 Å². The summed E-state index contributed by atoms with van der Waals surface area (Å²) >= 11 is 13.5. The number of thiazole rings is 1. The number of amides is 2. The molecule has 2 amide bonds. The average molecular weight is 403 g/mol. The first-order valence-electron chi connectivity index (χ1n) is 7.63. The van der Waals surface area contributed by atoms with Crippen LogP contribution in [0.2, 0.25) is 10.0 Å². The maximum atomic E-state index is 12.2. The molecular formula is C18H12Cl2N4OS. The maximum Gasteiger partial charge on any atom is 0.323 e. The van der Waals surface area contributed by atoms with E-state index in [0.717, 1.165) is 16.2 Å². The van der Waals surface area contributed by atoms with Crippen molar-refractivity contribution < 1.29 is 4.79 Å². The fourth-order valence-corrected chi connectivity index (χ4v) is 3.77. The molecule has 2 aromatic heterocycles. The van der Waals surface area contributed by atoms with Crippen LogP contribution < -0.4 is 10.6 Å². The molecule has 26 heavy (non-hydrogen) atoms. The molecule has 4 rings (SSSR count). The summed E-state index contributed by atoms with van der Waals surface area (Å²) in [6.07, 6.45) is 3.92. The predicted molar refractivity (Wildman–Crippen MR) is 108 cm³/mol. The molecule has 0 atom stereocenters. The van der Waals surface area contributed by atoms with E-state index in [9.17, 15) is 4.79 Å². The second-order valence-corrected chi connectivity index (χ2v) is 7.28. The van der Waals surface area contributed by atoms with Crippen molar-refractivity contribution in [2.24, 2.45) is 0 Å². The largest absolute Gasteiger partial charge is 0.323 e. The normalized spacial score (nSPS) is 10.8. The van der Waals surface area contributed by atoms with Crippen LogP contribution in [0, 0.1) is 0 Å². The third-order valence-electron chi connectivity index (χ3n) is 3.63. The Kier molecular flexibility index (Phi) is 4.55. The Balaban J connectivity index is 1.51. The van der Waals surface area contributed by atoms with Crippen molar-refractivity contribution >= 4 is 56.9 Å². The average Bonchev–Trinajstić information content (AvgIpc) is 3.15. The van der Waals surface area contributed by atoms with Crippen LogP contribution in [0.25, 0.3) is 16.2 Å². The van der Waals surface area contributed by atoms with Crippen LogP contribution in [0.1, 0.15) is 0 Å². The number of carbonyl (C=O) groups is 1. The van der Waals surface area contributed by atoms with Crippen LogP contribution in [0.4, 0.5) is 16.2 Å². The lowest BCUT2D eigenvalue weighted by atomic mass is 10.1. The standard InChI is InChI=1S/C18H12Cl2N4OS/c19-12-7-13(20)9-15(8-12)22-17(25)21-14-3-1-2-11(6-14)16-10-24-4-5-26-18(24)23-16/h1-10H,(H2,21,22,25). The second kappa shape index (κ2) is 6.99. The van der Waals surface area contributed by atoms with Crippen molar-refractivity contribution in [2.45, 2.75) is 0 Å². The summed E-state index contributed by atoms with van der Waals surface area (Å²) in [5.74, 6) is 0. The van der Waals surface area contributed by atoms with Gasteiger partial charge in [0.25, 0.3) is 0 Å². The van der Waals surface area contributed by atoms with Crippen molar-refractivity contribution in [1.29, 1.82) is 0 Å². The lowest BCUT2D eigenvalue weighted by Crippen LogP contribution is -2.19. The molecule has 0 saturated heterocycles. The number of aromatic nitrogens is 2. The van der Waals surface area contributed by atoms with Crippen molar-refractivity contribution in [3.05, 3.63) is 70.3 Å². The fraction of sp³-hybridized carbons (Fsp3) is 0. The number of carbonyl (C=O) groups excluding carboxylic acids is 1. The molecular weight excluding hydrogens is 391 g/mol. The summed E-state index contributed by atoms with van der Waals surface area (Å²) in [5.41, 5.74) is 2.95. The summed E-state index contributed by atoms with van der Waals surface area (Å²) in [5, 5.41) is 8.40. The number of hydrogen-bond acceptors (Lipinski definition) is 3. The van der Waals surface area contributed by atoms with Gasteiger partial charge in [0.15, 0.2) is 4.96 Å². The minimum atomic E-state index is -0.383. The van der Waals surface area contributed by atoms with Gasteiger partial charge in [-0.2, -0.15) is 0 Å². The molecule has 0 unspecified atom stereocenters. The van der Waals surface area contributed by atoms with Gasteiger partial charge in [0.2, 0.25) is 0 Å². The smallest absolute Gasteiger partial charge is 0.308 e. The van der Waals surface area contributed by atoms with Gasteiger partial charge in [-0.15, -0.1) is 11.3 Å². The Labute approximate surface area is 163 Å². The maximum absolute atomic E-state index is 12.2. The van der Waals surface area contributed by atoms with E-state index in [1.54, 1.807) is 29.5 Å². The van der Waals surface area contributed by atoms with Crippen LogP contribution in [-0.4, -0.2) is 15.4 Å². The first kappa shape index (κ1) is 16.9. The van der Waals surface area contributed by atoms with E-state index in [1.807, 2.05) is 46.4 Å². The third-order valence-corrected chi connectivity index (χ3v) is 4.84. The van der Waals surface area contributed by atoms with Gasteiger partial charge in [-0.1, -0.05) is 35.3 Å². The van der Waals surface area contributed by atoms with Crippen molar-refractivity contribution in [2.75, 3.05) is 10.6 Å². The SMILES string of the molecule is O=C(Nc1cc(Cl)cc(Cl)c1)Nc1cccc(-c2cn3ccsc3n2)c1. The molecule has 0 radical (unpaired) electrons. The molecule has 2 N–H and O–H groups in total. The Hall–Kier alpha value is -2.54. The summed E-state index contributed by atoms with van der Waals surface area (Å²) in [6.45, 7) is 0. The second-order valence-electron chi connectivity index (χ2n) is 5.54. The predicted octanol–water partition coefficient (Wildman–Crippen LogP) is 6.01. The van der Waals surface area contributed by atoms with Crippen molar-refractivity contribution in [3.63, 3.8) is 0 Å². The van der Waals surface area contributed by atoms with Gasteiger partial charge in [-0.25, -0.2) is 9.78 Å². The number of rotatable bonds is 3. The number of fused-ring (bicyclic) bond motifs is 1. The number of anilines is 2. The van der Waals surface area contributed by atoms with E-state index in [4.69, 9.17) is 23.2 Å². The first-order valence-corrected chi connectivity index (χ1v) is 9.27. The topological polar surface area (TPSA) is 58.4 Å². The molecule has 130 valence electrons. The minimum Gasteiger partial charge on any atom is -0.308 e. The van der Waals surface area contributed by atoms with Crippen LogP contribution in [-0.2, 0) is 0 Å². The Morgan fingerprint density at radius 3 is 2.58 bits per heavy atom. The molecule has 5 nitrogen and oxygen atoms in total. The van der Waals surface area contributed by atoms with E-state index < -0.39 is 0 Å². The molecule has 4 aromatic rings. The number of imidazole rings is 1. The highest BCUT2D eigenvalue weighted by Crippen LogP contribution is 2.25. The van der Waals surface area contributed by atoms with Gasteiger partial charge >= 0.3 is 6.03 Å². The molecule has 0 spiro atoms. The number of nitrogens with zero attached hydrogens (tertiary/aromatic N) is 2. The summed E-state index contributed by atoms with van der Waals surface area (Å²) in [6, 6.07) is 12.0. The Morgan fingerprint density at radius 2 is 1.81 bits per heavy atom. The number of benzene rings is 2. The molecule has 0 bridgehead atoms.